The number of fused-ring (bicyclic) bond motifs is 2. The van der Waals surface area contributed by atoms with Crippen LogP contribution in [0.25, 0.3) is 0 Å². The number of aliphatic carboxylic acids is 2. The van der Waals surface area contributed by atoms with Crippen molar-refractivity contribution in [2.75, 3.05) is 73.5 Å². The number of amides is 3. The van der Waals surface area contributed by atoms with Gasteiger partial charge in [-0.3, -0.25) is 38.8 Å². The topological polar surface area (TPSA) is 176 Å². The minimum absolute atomic E-state index is 0.00463. The lowest BCUT2D eigenvalue weighted by molar-refractivity contribution is -0.144. The van der Waals surface area contributed by atoms with Crippen LogP contribution < -0.4 is 10.6 Å². The van der Waals surface area contributed by atoms with E-state index >= 15 is 0 Å². The van der Waals surface area contributed by atoms with Crippen molar-refractivity contribution in [2.45, 2.75) is 33.9 Å². The fourth-order valence-electron chi connectivity index (χ4n) is 3.40. The number of likely N-dealkylation sites (N-methyl/N-ethyl adjacent to an activating group) is 2. The molecular weight excluding hydrogens is 522 g/mol. The molecule has 0 aliphatic carbocycles. The summed E-state index contributed by atoms with van der Waals surface area (Å²) in [6.45, 7) is 8.06. The summed E-state index contributed by atoms with van der Waals surface area (Å²) >= 11 is 0. The quantitative estimate of drug-likeness (QED) is 0.308. The molecule has 0 radical (unpaired) electrons. The molecule has 14 nitrogen and oxygen atoms in total. The third-order valence-corrected chi connectivity index (χ3v) is 5.51. The summed E-state index contributed by atoms with van der Waals surface area (Å²) in [6, 6.07) is 5.59. The number of hydrogen-bond donors (Lipinski definition) is 4. The Hall–Kier alpha value is -3.62. The predicted molar refractivity (Wildman–Crippen MR) is 149 cm³/mol. The van der Waals surface area contributed by atoms with Crippen LogP contribution in [0.3, 0.4) is 0 Å². The lowest BCUT2D eigenvalue weighted by Crippen LogP contribution is -2.44. The van der Waals surface area contributed by atoms with E-state index in [0.717, 1.165) is 11.4 Å². The van der Waals surface area contributed by atoms with Crippen molar-refractivity contribution in [3.8, 4) is 0 Å². The zero-order valence-corrected chi connectivity index (χ0v) is 24.5. The second-order valence-corrected chi connectivity index (χ2v) is 8.88. The van der Waals surface area contributed by atoms with Gasteiger partial charge in [0, 0.05) is 67.3 Å². The van der Waals surface area contributed by atoms with Gasteiger partial charge in [-0.25, -0.2) is 0 Å². The third-order valence-electron chi connectivity index (χ3n) is 5.51. The maximum absolute atomic E-state index is 12.4. The van der Waals surface area contributed by atoms with E-state index in [1.54, 1.807) is 7.05 Å². The average Bonchev–Trinajstić information content (AvgIpc) is 2.88. The highest BCUT2D eigenvalue weighted by molar-refractivity contribution is 5.83. The number of carbonyl (C=O) groups is 5. The van der Waals surface area contributed by atoms with Crippen LogP contribution in [0.2, 0.25) is 0 Å². The molecule has 0 spiro atoms. The van der Waals surface area contributed by atoms with Gasteiger partial charge in [0.05, 0.1) is 24.5 Å². The number of carboxylic acids is 2. The van der Waals surface area contributed by atoms with Crippen LogP contribution in [0.15, 0.2) is 18.2 Å². The van der Waals surface area contributed by atoms with E-state index in [4.69, 9.17) is 10.2 Å². The molecule has 1 aliphatic rings. The molecule has 4 N–H and O–H groups in total. The summed E-state index contributed by atoms with van der Waals surface area (Å²) in [5.74, 6) is -2.68. The highest BCUT2D eigenvalue weighted by atomic mass is 16.4. The molecule has 2 heterocycles. The van der Waals surface area contributed by atoms with E-state index < -0.39 is 11.9 Å². The maximum atomic E-state index is 12.4. The summed E-state index contributed by atoms with van der Waals surface area (Å²) in [5, 5.41) is 23.5. The Balaban J connectivity index is 0.00000195. The van der Waals surface area contributed by atoms with Gasteiger partial charge in [-0.2, -0.15) is 0 Å². The molecule has 0 unspecified atom stereocenters. The van der Waals surface area contributed by atoms with Gasteiger partial charge in [-0.1, -0.05) is 19.9 Å². The Kier molecular flexibility index (Phi) is 18.5. The molecule has 0 atom stereocenters. The number of pyridine rings is 1. The summed E-state index contributed by atoms with van der Waals surface area (Å²) in [5.41, 5.74) is 1.52. The fraction of sp³-hybridized carbons (Fsp3) is 0.615. The van der Waals surface area contributed by atoms with Gasteiger partial charge in [0.1, 0.15) is 13.1 Å². The number of carbonyl (C=O) groups excluding carboxylic acids is 3. The molecule has 3 amide bonds. The first-order valence-corrected chi connectivity index (χ1v) is 13.1. The number of hydrogen-bond acceptors (Lipinski definition) is 9. The maximum Gasteiger partial charge on any atom is 0.323 e. The van der Waals surface area contributed by atoms with Gasteiger partial charge in [0.15, 0.2) is 0 Å². The van der Waals surface area contributed by atoms with Gasteiger partial charge in [-0.05, 0) is 12.1 Å². The van der Waals surface area contributed by atoms with E-state index in [1.807, 2.05) is 41.8 Å². The first-order chi connectivity index (χ1) is 18.9. The predicted octanol–water partition coefficient (Wildman–Crippen LogP) is -0.847. The second-order valence-electron chi connectivity index (χ2n) is 8.88. The van der Waals surface area contributed by atoms with E-state index in [0.29, 0.717) is 39.3 Å². The minimum atomic E-state index is -1.06. The molecule has 1 aliphatic heterocycles. The van der Waals surface area contributed by atoms with Crippen LogP contribution in [0.5, 0.6) is 0 Å². The van der Waals surface area contributed by atoms with E-state index in [9.17, 15) is 24.0 Å². The standard InChI is InChI=1S/C21H32N6O6.C3H7NO.C2H6/c1-24(14-20(30)31)18(28)12-26-8-6-22-7-9-27(13-19(29)25(2)15-21(32)33)11-17-5-3-4-16(10-26)23-17;1-3(5)4-2;1-2/h3-5,22H,6-15H2,1-2H3,(H,30,31)(H,32,33);1-2H3,(H,4,5);1-2H3. The van der Waals surface area contributed by atoms with Crippen molar-refractivity contribution >= 4 is 29.7 Å². The Morgan fingerprint density at radius 1 is 0.875 bits per heavy atom. The normalized spacial score (nSPS) is 13.9. The second kappa shape index (κ2) is 20.3. The Labute approximate surface area is 236 Å². The third kappa shape index (κ3) is 16.4. The molecule has 40 heavy (non-hydrogen) atoms. The number of nitrogens with zero attached hydrogens (tertiary/aromatic N) is 5. The van der Waals surface area contributed by atoms with Crippen molar-refractivity contribution in [1.82, 2.24) is 35.2 Å². The highest BCUT2D eigenvalue weighted by Gasteiger charge is 2.20. The minimum Gasteiger partial charge on any atom is -0.480 e. The summed E-state index contributed by atoms with van der Waals surface area (Å²) in [7, 11) is 4.53. The molecule has 0 fully saturated rings. The zero-order valence-electron chi connectivity index (χ0n) is 24.5. The molecule has 2 rings (SSSR count). The van der Waals surface area contributed by atoms with Crippen LogP contribution >= 0.6 is 0 Å². The van der Waals surface area contributed by atoms with Crippen molar-refractivity contribution in [2.24, 2.45) is 0 Å². The van der Waals surface area contributed by atoms with Crippen molar-refractivity contribution in [3.63, 3.8) is 0 Å². The first-order valence-electron chi connectivity index (χ1n) is 13.1. The number of rotatable bonds is 8. The Bertz CT molecular complexity index is 898. The lowest BCUT2D eigenvalue weighted by Gasteiger charge is -2.27. The van der Waals surface area contributed by atoms with Gasteiger partial charge < -0.3 is 30.6 Å². The number of nitrogens with one attached hydrogen (secondary N) is 2. The molecule has 0 saturated heterocycles. The molecule has 226 valence electrons. The van der Waals surface area contributed by atoms with E-state index in [-0.39, 0.29) is 43.9 Å². The van der Waals surface area contributed by atoms with Gasteiger partial charge in [0.25, 0.3) is 0 Å². The van der Waals surface area contributed by atoms with E-state index in [2.05, 4.69) is 15.6 Å². The van der Waals surface area contributed by atoms with Crippen LogP contribution in [0, 0.1) is 0 Å². The van der Waals surface area contributed by atoms with E-state index in [1.165, 1.54) is 30.8 Å². The van der Waals surface area contributed by atoms with Crippen LogP contribution in [0.1, 0.15) is 32.2 Å². The summed E-state index contributed by atoms with van der Waals surface area (Å²) in [6.07, 6.45) is 0. The van der Waals surface area contributed by atoms with Crippen molar-refractivity contribution in [3.05, 3.63) is 29.6 Å². The van der Waals surface area contributed by atoms with Gasteiger partial charge >= 0.3 is 11.9 Å². The van der Waals surface area contributed by atoms with Crippen molar-refractivity contribution < 1.29 is 34.2 Å². The number of carboxylic acid groups (broad SMARTS) is 2. The molecule has 14 heteroatoms. The average molecular weight is 568 g/mol. The molecule has 2 bridgehead atoms. The SMILES string of the molecule is CC.CN(CC(=O)O)C(=O)CN1CCNCCN(CC(=O)N(C)CC(=O)O)Cc2cccc(n2)C1.CNC(C)=O. The lowest BCUT2D eigenvalue weighted by atomic mass is 10.2. The molecule has 0 aromatic carbocycles. The summed E-state index contributed by atoms with van der Waals surface area (Å²) in [4.78, 5) is 67.2. The first kappa shape index (κ1) is 36.4. The zero-order chi connectivity index (χ0) is 30.7. The van der Waals surface area contributed by atoms with Crippen LogP contribution in [0.4, 0.5) is 0 Å². The van der Waals surface area contributed by atoms with Crippen LogP contribution in [-0.2, 0) is 37.1 Å². The van der Waals surface area contributed by atoms with Gasteiger partial charge in [-0.15, -0.1) is 0 Å². The smallest absolute Gasteiger partial charge is 0.323 e. The van der Waals surface area contributed by atoms with Crippen LogP contribution in [-0.4, -0.2) is 138 Å². The Morgan fingerprint density at radius 3 is 1.57 bits per heavy atom. The molecular formula is C26H45N7O7. The molecule has 0 saturated carbocycles. The summed E-state index contributed by atoms with van der Waals surface area (Å²) < 4.78 is 0. The molecule has 1 aromatic heterocycles. The Morgan fingerprint density at radius 2 is 1.25 bits per heavy atom. The number of aromatic nitrogens is 1. The fourth-order valence-corrected chi connectivity index (χ4v) is 3.40. The highest BCUT2D eigenvalue weighted by Crippen LogP contribution is 2.08. The molecule has 1 aromatic rings. The monoisotopic (exact) mass is 567 g/mol. The van der Waals surface area contributed by atoms with Crippen molar-refractivity contribution in [1.29, 1.82) is 0 Å². The largest absolute Gasteiger partial charge is 0.480 e. The van der Waals surface area contributed by atoms with Gasteiger partial charge in [0.2, 0.25) is 17.7 Å².